The van der Waals surface area contributed by atoms with Gasteiger partial charge in [-0.15, -0.1) is 11.3 Å². The molecule has 0 saturated heterocycles. The Bertz CT molecular complexity index is 1530. The van der Waals surface area contributed by atoms with Gasteiger partial charge >= 0.3 is 6.03 Å². The molecule has 5 rings (SSSR count). The lowest BCUT2D eigenvalue weighted by molar-refractivity contribution is 0.256. The summed E-state index contributed by atoms with van der Waals surface area (Å²) in [7, 11) is 0. The number of aliphatic hydroxyl groups is 1. The highest BCUT2D eigenvalue weighted by molar-refractivity contribution is 7.18. The molecule has 2 aromatic carbocycles. The second-order valence-corrected chi connectivity index (χ2v) is 8.71. The molecule has 0 aliphatic carbocycles. The number of nitrogens with two attached hydrogens (primary N) is 2. The maximum absolute atomic E-state index is 13.7. The van der Waals surface area contributed by atoms with Crippen LogP contribution in [-0.4, -0.2) is 32.9 Å². The number of aromatic nitrogens is 3. The molecule has 10 heteroatoms. The number of carbonyl (C=O) groups excluding carboxylic acids is 1. The summed E-state index contributed by atoms with van der Waals surface area (Å²) in [4.78, 5) is 17.8. The van der Waals surface area contributed by atoms with Crippen LogP contribution in [0.25, 0.3) is 32.3 Å². The molecule has 0 radical (unpaired) electrons. The predicted molar refractivity (Wildman–Crippen MR) is 136 cm³/mol. The van der Waals surface area contributed by atoms with E-state index in [1.54, 1.807) is 30.6 Å². The van der Waals surface area contributed by atoms with Crippen molar-refractivity contribution in [3.05, 3.63) is 77.8 Å². The smallest absolute Gasteiger partial charge is 0.323 e. The number of carbonyl (C=O) groups is 1. The summed E-state index contributed by atoms with van der Waals surface area (Å²) in [5, 5.41) is 19.3. The first-order chi connectivity index (χ1) is 17.0. The van der Waals surface area contributed by atoms with Gasteiger partial charge in [-0.3, -0.25) is 10.00 Å². The Morgan fingerprint density at radius 3 is 2.63 bits per heavy atom. The lowest BCUT2D eigenvalue weighted by Crippen LogP contribution is -2.31. The molecule has 176 valence electrons. The number of pyridine rings is 1. The minimum absolute atomic E-state index is 0.0105. The van der Waals surface area contributed by atoms with Gasteiger partial charge in [0, 0.05) is 52.2 Å². The number of halogens is 1. The quantitative estimate of drug-likeness (QED) is 0.272. The number of urea groups is 1. The van der Waals surface area contributed by atoms with E-state index in [1.807, 2.05) is 17.5 Å². The molecule has 0 fully saturated rings. The number of benzene rings is 2. The van der Waals surface area contributed by atoms with Crippen LogP contribution < -0.4 is 16.4 Å². The number of amides is 2. The SMILES string of the molecule is NC(=O)N(c1ccc(-c2csc3c(-c4c[nH]nc4CCO)cnc(N)c23)cc1)c1cccc(F)c1. The number of hydrogen-bond donors (Lipinski definition) is 4. The topological polar surface area (TPSA) is 134 Å². The highest BCUT2D eigenvalue weighted by Gasteiger charge is 2.19. The normalized spacial score (nSPS) is 11.1. The molecule has 2 amide bonds. The van der Waals surface area contributed by atoms with Crippen molar-refractivity contribution in [2.45, 2.75) is 6.42 Å². The number of nitrogen functional groups attached to an aromatic ring is 1. The molecule has 0 atom stereocenters. The van der Waals surface area contributed by atoms with Gasteiger partial charge in [-0.2, -0.15) is 5.10 Å². The maximum atomic E-state index is 13.7. The molecule has 0 bridgehead atoms. The molecule has 5 aromatic rings. The molecule has 3 heterocycles. The van der Waals surface area contributed by atoms with Gasteiger partial charge in [-0.1, -0.05) is 18.2 Å². The van der Waals surface area contributed by atoms with Crippen molar-refractivity contribution in [3.63, 3.8) is 0 Å². The summed E-state index contributed by atoms with van der Waals surface area (Å²) < 4.78 is 14.7. The number of nitrogens with zero attached hydrogens (tertiary/aromatic N) is 3. The number of primary amides is 1. The molecule has 0 aliphatic heterocycles. The fourth-order valence-corrected chi connectivity index (χ4v) is 5.24. The fourth-order valence-electron chi connectivity index (χ4n) is 4.13. The predicted octanol–water partition coefficient (Wildman–Crippen LogP) is 4.83. The third-order valence-electron chi connectivity index (χ3n) is 5.71. The van der Waals surface area contributed by atoms with E-state index < -0.39 is 11.8 Å². The standard InChI is InChI=1S/C25H21FN6O2S/c26-15-2-1-3-17(10-15)32(25(28)34)16-6-4-14(5-7-16)20-13-35-23-19(11-29-24(27)22(20)23)18-12-30-31-21(18)8-9-33/h1-7,10-13,33H,8-9H2,(H2,27,29)(H2,28,34)(H,30,31). The second-order valence-electron chi connectivity index (χ2n) is 7.83. The Morgan fingerprint density at radius 1 is 1.11 bits per heavy atom. The largest absolute Gasteiger partial charge is 0.396 e. The zero-order chi connectivity index (χ0) is 24.5. The van der Waals surface area contributed by atoms with Crippen LogP contribution in [-0.2, 0) is 6.42 Å². The van der Waals surface area contributed by atoms with Gasteiger partial charge in [-0.05, 0) is 41.3 Å². The van der Waals surface area contributed by atoms with E-state index in [1.165, 1.54) is 34.4 Å². The van der Waals surface area contributed by atoms with Crippen molar-refractivity contribution in [1.29, 1.82) is 0 Å². The van der Waals surface area contributed by atoms with Crippen LogP contribution in [0.15, 0.2) is 66.3 Å². The van der Waals surface area contributed by atoms with Gasteiger partial charge in [0.05, 0.1) is 17.1 Å². The van der Waals surface area contributed by atoms with Crippen molar-refractivity contribution in [3.8, 4) is 22.3 Å². The lowest BCUT2D eigenvalue weighted by atomic mass is 10.0. The minimum atomic E-state index is -0.721. The lowest BCUT2D eigenvalue weighted by Gasteiger charge is -2.21. The number of fused-ring (bicyclic) bond motifs is 1. The maximum Gasteiger partial charge on any atom is 0.323 e. The van der Waals surface area contributed by atoms with Crippen molar-refractivity contribution >= 4 is 44.6 Å². The molecule has 6 N–H and O–H groups in total. The molecular weight excluding hydrogens is 467 g/mol. The van der Waals surface area contributed by atoms with Crippen LogP contribution in [0.4, 0.5) is 26.4 Å². The van der Waals surface area contributed by atoms with E-state index in [0.29, 0.717) is 23.6 Å². The van der Waals surface area contributed by atoms with Gasteiger partial charge in [0.2, 0.25) is 0 Å². The Balaban J connectivity index is 1.56. The van der Waals surface area contributed by atoms with Crippen molar-refractivity contribution < 1.29 is 14.3 Å². The monoisotopic (exact) mass is 488 g/mol. The Hall–Kier alpha value is -4.28. The first-order valence-electron chi connectivity index (χ1n) is 10.7. The van der Waals surface area contributed by atoms with Gasteiger partial charge in [0.1, 0.15) is 11.6 Å². The molecular formula is C25H21FN6O2S. The van der Waals surface area contributed by atoms with E-state index in [4.69, 9.17) is 11.5 Å². The van der Waals surface area contributed by atoms with Crippen molar-refractivity contribution in [1.82, 2.24) is 15.2 Å². The van der Waals surface area contributed by atoms with Crippen LogP contribution >= 0.6 is 11.3 Å². The number of nitrogens with one attached hydrogen (secondary N) is 1. The van der Waals surface area contributed by atoms with Crippen molar-refractivity contribution in [2.24, 2.45) is 5.73 Å². The highest BCUT2D eigenvalue weighted by atomic mass is 32.1. The summed E-state index contributed by atoms with van der Waals surface area (Å²) in [6.07, 6.45) is 3.93. The van der Waals surface area contributed by atoms with Crippen LogP contribution in [0.3, 0.4) is 0 Å². The van der Waals surface area contributed by atoms with E-state index in [2.05, 4.69) is 15.2 Å². The van der Waals surface area contributed by atoms with Gasteiger partial charge < -0.3 is 16.6 Å². The first kappa shape index (κ1) is 22.5. The van der Waals surface area contributed by atoms with Crippen LogP contribution in [0.5, 0.6) is 0 Å². The van der Waals surface area contributed by atoms with Gasteiger partial charge in [-0.25, -0.2) is 14.2 Å². The average molecular weight is 489 g/mol. The third kappa shape index (κ3) is 4.09. The summed E-state index contributed by atoms with van der Waals surface area (Å²) in [6.45, 7) is -0.0105. The molecule has 3 aromatic heterocycles. The molecule has 0 unspecified atom stereocenters. The number of aromatic amines is 1. The van der Waals surface area contributed by atoms with E-state index in [-0.39, 0.29) is 6.61 Å². The molecule has 0 aliphatic rings. The van der Waals surface area contributed by atoms with Crippen molar-refractivity contribution in [2.75, 3.05) is 17.2 Å². The van der Waals surface area contributed by atoms with E-state index in [0.717, 1.165) is 38.0 Å². The van der Waals surface area contributed by atoms with Crippen LogP contribution in [0, 0.1) is 5.82 Å². The van der Waals surface area contributed by atoms with E-state index in [9.17, 15) is 14.3 Å². The minimum Gasteiger partial charge on any atom is -0.396 e. The molecule has 8 nitrogen and oxygen atoms in total. The summed E-state index contributed by atoms with van der Waals surface area (Å²) in [5.74, 6) is -0.0662. The Kier molecular flexibility index (Phi) is 5.89. The number of hydrogen-bond acceptors (Lipinski definition) is 6. The average Bonchev–Trinajstić information content (AvgIpc) is 3.48. The summed E-state index contributed by atoms with van der Waals surface area (Å²) in [5.41, 5.74) is 17.0. The summed E-state index contributed by atoms with van der Waals surface area (Å²) >= 11 is 1.54. The zero-order valence-corrected chi connectivity index (χ0v) is 19.2. The number of thiophene rings is 1. The molecule has 0 saturated carbocycles. The summed E-state index contributed by atoms with van der Waals surface area (Å²) in [6, 6.07) is 12.2. The van der Waals surface area contributed by atoms with Crippen LogP contribution in [0.2, 0.25) is 0 Å². The first-order valence-corrected chi connectivity index (χ1v) is 11.6. The second kappa shape index (κ2) is 9.16. The highest BCUT2D eigenvalue weighted by Crippen LogP contribution is 2.42. The number of aliphatic hydroxyl groups excluding tert-OH is 1. The van der Waals surface area contributed by atoms with E-state index >= 15 is 0 Å². The van der Waals surface area contributed by atoms with Gasteiger partial charge in [0.15, 0.2) is 0 Å². The van der Waals surface area contributed by atoms with Gasteiger partial charge in [0.25, 0.3) is 0 Å². The fraction of sp³-hybridized carbons (Fsp3) is 0.0800. The Morgan fingerprint density at radius 2 is 1.91 bits per heavy atom. The Labute approximate surface area is 203 Å². The number of rotatable bonds is 6. The third-order valence-corrected chi connectivity index (χ3v) is 6.72. The van der Waals surface area contributed by atoms with Crippen LogP contribution in [0.1, 0.15) is 5.69 Å². The molecule has 0 spiro atoms. The zero-order valence-electron chi connectivity index (χ0n) is 18.4. The number of H-pyrrole nitrogens is 1. The number of anilines is 3. The molecule has 35 heavy (non-hydrogen) atoms.